The second-order valence-corrected chi connectivity index (χ2v) is 4.28. The molecule has 0 unspecified atom stereocenters. The molecule has 0 heterocycles. The summed E-state index contributed by atoms with van der Waals surface area (Å²) in [5.41, 5.74) is 1.13. The molecular formula is C16H18O4. The number of ether oxygens (including phenoxy) is 4. The molecule has 106 valence electrons. The Bertz CT molecular complexity index is 593. The van der Waals surface area contributed by atoms with Crippen LogP contribution in [0.2, 0.25) is 0 Å². The fraction of sp³-hybridized carbons (Fsp3) is 0.250. The van der Waals surface area contributed by atoms with Gasteiger partial charge in [-0.05, 0) is 24.6 Å². The minimum Gasteiger partial charge on any atom is -0.493 e. The summed E-state index contributed by atoms with van der Waals surface area (Å²) in [4.78, 5) is 0. The standard InChI is InChI=1S/C16H18O4/c1-11-6-5-7-12(8-11)20-16-10-14(18-3)13(17-2)9-15(16)19-4/h5-10H,1-4H3. The quantitative estimate of drug-likeness (QED) is 0.830. The highest BCUT2D eigenvalue weighted by Crippen LogP contribution is 2.41. The van der Waals surface area contributed by atoms with Gasteiger partial charge in [0, 0.05) is 12.1 Å². The van der Waals surface area contributed by atoms with E-state index in [4.69, 9.17) is 18.9 Å². The molecule has 0 aliphatic carbocycles. The molecule has 4 heteroatoms. The third-order valence-corrected chi connectivity index (χ3v) is 2.89. The van der Waals surface area contributed by atoms with Crippen molar-refractivity contribution in [1.29, 1.82) is 0 Å². The Morgan fingerprint density at radius 3 is 1.80 bits per heavy atom. The van der Waals surface area contributed by atoms with Crippen LogP contribution in [0.1, 0.15) is 5.56 Å². The minimum absolute atomic E-state index is 0.579. The van der Waals surface area contributed by atoms with Crippen LogP contribution in [0.25, 0.3) is 0 Å². The van der Waals surface area contributed by atoms with Gasteiger partial charge in [0.1, 0.15) is 5.75 Å². The number of benzene rings is 2. The average molecular weight is 274 g/mol. The van der Waals surface area contributed by atoms with Gasteiger partial charge in [0.05, 0.1) is 21.3 Å². The molecule has 0 atom stereocenters. The Kier molecular flexibility index (Phi) is 4.35. The van der Waals surface area contributed by atoms with E-state index < -0.39 is 0 Å². The third-order valence-electron chi connectivity index (χ3n) is 2.89. The molecule has 2 aromatic carbocycles. The van der Waals surface area contributed by atoms with Gasteiger partial charge >= 0.3 is 0 Å². The average Bonchev–Trinajstić information content (AvgIpc) is 2.46. The molecule has 0 spiro atoms. The summed E-state index contributed by atoms with van der Waals surface area (Å²) in [6, 6.07) is 11.3. The summed E-state index contributed by atoms with van der Waals surface area (Å²) in [5.74, 6) is 3.10. The summed E-state index contributed by atoms with van der Waals surface area (Å²) in [5, 5.41) is 0. The Labute approximate surface area is 118 Å². The summed E-state index contributed by atoms with van der Waals surface area (Å²) in [7, 11) is 4.75. The van der Waals surface area contributed by atoms with Crippen molar-refractivity contribution in [2.24, 2.45) is 0 Å². The topological polar surface area (TPSA) is 36.9 Å². The van der Waals surface area contributed by atoms with Gasteiger partial charge in [-0.1, -0.05) is 12.1 Å². The van der Waals surface area contributed by atoms with Crippen molar-refractivity contribution < 1.29 is 18.9 Å². The van der Waals surface area contributed by atoms with Gasteiger partial charge in [0.15, 0.2) is 23.0 Å². The van der Waals surface area contributed by atoms with Crippen molar-refractivity contribution in [3.8, 4) is 28.7 Å². The Morgan fingerprint density at radius 1 is 0.700 bits per heavy atom. The molecule has 0 radical (unpaired) electrons. The van der Waals surface area contributed by atoms with E-state index in [-0.39, 0.29) is 0 Å². The highest BCUT2D eigenvalue weighted by atomic mass is 16.5. The van der Waals surface area contributed by atoms with Crippen LogP contribution in [-0.4, -0.2) is 21.3 Å². The molecule has 0 fully saturated rings. The van der Waals surface area contributed by atoms with Crippen LogP contribution in [0.5, 0.6) is 28.7 Å². The number of hydrogen-bond donors (Lipinski definition) is 0. The molecule has 2 rings (SSSR count). The first-order valence-electron chi connectivity index (χ1n) is 6.22. The molecule has 0 aliphatic rings. The van der Waals surface area contributed by atoms with Crippen LogP contribution >= 0.6 is 0 Å². The van der Waals surface area contributed by atoms with Crippen molar-refractivity contribution in [2.45, 2.75) is 6.92 Å². The lowest BCUT2D eigenvalue weighted by Crippen LogP contribution is -1.95. The predicted octanol–water partition coefficient (Wildman–Crippen LogP) is 3.81. The van der Waals surface area contributed by atoms with E-state index in [1.807, 2.05) is 31.2 Å². The normalized spacial score (nSPS) is 10.0. The monoisotopic (exact) mass is 274 g/mol. The predicted molar refractivity (Wildman–Crippen MR) is 77.4 cm³/mol. The van der Waals surface area contributed by atoms with Gasteiger partial charge in [-0.25, -0.2) is 0 Å². The Hall–Kier alpha value is -2.36. The second-order valence-electron chi connectivity index (χ2n) is 4.28. The molecule has 20 heavy (non-hydrogen) atoms. The smallest absolute Gasteiger partial charge is 0.173 e. The zero-order valence-corrected chi connectivity index (χ0v) is 12.1. The molecule has 0 saturated heterocycles. The van der Waals surface area contributed by atoms with Crippen molar-refractivity contribution in [2.75, 3.05) is 21.3 Å². The van der Waals surface area contributed by atoms with Crippen LogP contribution in [0.4, 0.5) is 0 Å². The summed E-state index contributed by atoms with van der Waals surface area (Å²) in [6.45, 7) is 2.01. The first-order valence-corrected chi connectivity index (χ1v) is 6.22. The van der Waals surface area contributed by atoms with Gasteiger partial charge < -0.3 is 18.9 Å². The lowest BCUT2D eigenvalue weighted by molar-refractivity contribution is 0.338. The highest BCUT2D eigenvalue weighted by molar-refractivity contribution is 5.55. The van der Waals surface area contributed by atoms with E-state index in [1.54, 1.807) is 33.5 Å². The van der Waals surface area contributed by atoms with Gasteiger partial charge in [-0.15, -0.1) is 0 Å². The van der Waals surface area contributed by atoms with E-state index in [1.165, 1.54) is 0 Å². The number of aryl methyl sites for hydroxylation is 1. The fourth-order valence-corrected chi connectivity index (χ4v) is 1.89. The lowest BCUT2D eigenvalue weighted by Gasteiger charge is -2.14. The second kappa shape index (κ2) is 6.19. The first kappa shape index (κ1) is 14.1. The molecule has 0 N–H and O–H groups in total. The minimum atomic E-state index is 0.579. The maximum absolute atomic E-state index is 5.86. The van der Waals surface area contributed by atoms with Gasteiger partial charge in [-0.3, -0.25) is 0 Å². The molecule has 0 amide bonds. The molecular weight excluding hydrogens is 256 g/mol. The number of rotatable bonds is 5. The van der Waals surface area contributed by atoms with Gasteiger partial charge in [0.2, 0.25) is 0 Å². The number of hydrogen-bond acceptors (Lipinski definition) is 4. The van der Waals surface area contributed by atoms with Crippen LogP contribution in [0.3, 0.4) is 0 Å². The Balaban J connectivity index is 2.39. The fourth-order valence-electron chi connectivity index (χ4n) is 1.89. The zero-order chi connectivity index (χ0) is 14.5. The maximum atomic E-state index is 5.86. The van der Waals surface area contributed by atoms with E-state index in [0.29, 0.717) is 23.0 Å². The third kappa shape index (κ3) is 2.96. The molecule has 2 aromatic rings. The lowest BCUT2D eigenvalue weighted by atomic mass is 10.2. The van der Waals surface area contributed by atoms with Crippen LogP contribution in [0, 0.1) is 6.92 Å². The molecule has 0 bridgehead atoms. The number of methoxy groups -OCH3 is 3. The molecule has 0 aliphatic heterocycles. The van der Waals surface area contributed by atoms with Crippen molar-refractivity contribution >= 4 is 0 Å². The summed E-state index contributed by atoms with van der Waals surface area (Å²) >= 11 is 0. The first-order chi connectivity index (χ1) is 9.67. The van der Waals surface area contributed by atoms with Crippen LogP contribution in [-0.2, 0) is 0 Å². The summed E-state index contributed by atoms with van der Waals surface area (Å²) in [6.07, 6.45) is 0. The molecule has 0 aromatic heterocycles. The van der Waals surface area contributed by atoms with E-state index in [0.717, 1.165) is 11.3 Å². The maximum Gasteiger partial charge on any atom is 0.173 e. The van der Waals surface area contributed by atoms with Crippen molar-refractivity contribution in [1.82, 2.24) is 0 Å². The van der Waals surface area contributed by atoms with Crippen molar-refractivity contribution in [3.05, 3.63) is 42.0 Å². The van der Waals surface area contributed by atoms with Gasteiger partial charge in [-0.2, -0.15) is 0 Å². The van der Waals surface area contributed by atoms with E-state index in [9.17, 15) is 0 Å². The van der Waals surface area contributed by atoms with Crippen LogP contribution < -0.4 is 18.9 Å². The molecule has 4 nitrogen and oxygen atoms in total. The van der Waals surface area contributed by atoms with E-state index >= 15 is 0 Å². The Morgan fingerprint density at radius 2 is 1.25 bits per heavy atom. The largest absolute Gasteiger partial charge is 0.493 e. The van der Waals surface area contributed by atoms with Gasteiger partial charge in [0.25, 0.3) is 0 Å². The zero-order valence-electron chi connectivity index (χ0n) is 12.1. The highest BCUT2D eigenvalue weighted by Gasteiger charge is 2.13. The van der Waals surface area contributed by atoms with Crippen LogP contribution in [0.15, 0.2) is 36.4 Å². The molecule has 0 saturated carbocycles. The van der Waals surface area contributed by atoms with E-state index in [2.05, 4.69) is 0 Å². The van der Waals surface area contributed by atoms with Crippen molar-refractivity contribution in [3.63, 3.8) is 0 Å². The SMILES string of the molecule is COc1cc(OC)c(Oc2cccc(C)c2)cc1OC. The summed E-state index contributed by atoms with van der Waals surface area (Å²) < 4.78 is 21.7.